The number of hydrogen-bond donors (Lipinski definition) is 2. The van der Waals surface area contributed by atoms with Gasteiger partial charge in [-0.25, -0.2) is 0 Å². The van der Waals surface area contributed by atoms with Crippen molar-refractivity contribution in [3.8, 4) is 11.5 Å². The van der Waals surface area contributed by atoms with E-state index >= 15 is 0 Å². The van der Waals surface area contributed by atoms with Crippen LogP contribution in [0.15, 0.2) is 36.4 Å². The summed E-state index contributed by atoms with van der Waals surface area (Å²) in [4.78, 5) is 0. The molecule has 3 nitrogen and oxygen atoms in total. The molecule has 2 N–H and O–H groups in total. The van der Waals surface area contributed by atoms with E-state index in [1.165, 1.54) is 0 Å². The van der Waals surface area contributed by atoms with Gasteiger partial charge in [0.05, 0.1) is 6.61 Å². The topological polar surface area (TPSA) is 49.7 Å². The zero-order valence-corrected chi connectivity index (χ0v) is 10.6. The van der Waals surface area contributed by atoms with Crippen molar-refractivity contribution >= 4 is 10.8 Å². The molecule has 1 aliphatic carbocycles. The third kappa shape index (κ3) is 1.96. The Hall–Kier alpha value is -2.00. The summed E-state index contributed by atoms with van der Waals surface area (Å²) in [5.41, 5.74) is 1.97. The Labute approximate surface area is 111 Å². The quantitative estimate of drug-likeness (QED) is 0.830. The summed E-state index contributed by atoms with van der Waals surface area (Å²) < 4.78 is 5.73. The molecule has 3 rings (SSSR count). The van der Waals surface area contributed by atoms with Crippen molar-refractivity contribution in [1.29, 1.82) is 0 Å². The van der Waals surface area contributed by atoms with Gasteiger partial charge >= 0.3 is 0 Å². The molecule has 0 saturated heterocycles. The first kappa shape index (κ1) is 12.1. The summed E-state index contributed by atoms with van der Waals surface area (Å²) in [5.74, 6) is 1.15. The van der Waals surface area contributed by atoms with Crippen LogP contribution in [0, 0.1) is 0 Å². The predicted octanol–water partition coefficient (Wildman–Crippen LogP) is 2.57. The smallest absolute Gasteiger partial charge is 0.131 e. The van der Waals surface area contributed by atoms with Crippen molar-refractivity contribution in [2.75, 3.05) is 13.2 Å². The molecule has 0 atom stereocenters. The Morgan fingerprint density at radius 1 is 1.00 bits per heavy atom. The van der Waals surface area contributed by atoms with Gasteiger partial charge in [0.1, 0.15) is 18.1 Å². The van der Waals surface area contributed by atoms with Gasteiger partial charge in [0, 0.05) is 21.9 Å². The monoisotopic (exact) mass is 256 g/mol. The van der Waals surface area contributed by atoms with E-state index in [2.05, 4.69) is 12.2 Å². The summed E-state index contributed by atoms with van der Waals surface area (Å²) in [6.45, 7) is 0.255. The fourth-order valence-electron chi connectivity index (χ4n) is 2.64. The second-order valence-electron chi connectivity index (χ2n) is 4.63. The van der Waals surface area contributed by atoms with Crippen molar-refractivity contribution in [2.45, 2.75) is 12.8 Å². The van der Waals surface area contributed by atoms with Crippen LogP contribution in [0.25, 0.3) is 10.8 Å². The Morgan fingerprint density at radius 3 is 2.42 bits per heavy atom. The number of aromatic hydroxyl groups is 1. The van der Waals surface area contributed by atoms with Crippen LogP contribution in [0.3, 0.4) is 0 Å². The maximum Gasteiger partial charge on any atom is 0.131 e. The van der Waals surface area contributed by atoms with Crippen LogP contribution in [0.1, 0.15) is 11.1 Å². The van der Waals surface area contributed by atoms with Crippen LogP contribution >= 0.6 is 0 Å². The minimum absolute atomic E-state index is 0.0141. The van der Waals surface area contributed by atoms with Crippen molar-refractivity contribution in [3.63, 3.8) is 0 Å². The van der Waals surface area contributed by atoms with Gasteiger partial charge in [-0.05, 0) is 12.8 Å². The maximum atomic E-state index is 10.4. The molecule has 0 amide bonds. The number of fused-ring (bicyclic) bond motifs is 2. The summed E-state index contributed by atoms with van der Waals surface area (Å²) >= 11 is 0. The van der Waals surface area contributed by atoms with E-state index in [1.807, 2.05) is 24.3 Å². The fraction of sp³-hybridized carbons (Fsp3) is 0.250. The molecule has 98 valence electrons. The average molecular weight is 256 g/mol. The number of aliphatic hydroxyl groups is 1. The zero-order valence-electron chi connectivity index (χ0n) is 10.6. The third-order valence-corrected chi connectivity index (χ3v) is 3.50. The van der Waals surface area contributed by atoms with Crippen LogP contribution in [-0.4, -0.2) is 23.4 Å². The number of rotatable bonds is 3. The van der Waals surface area contributed by atoms with Gasteiger partial charge in [-0.15, -0.1) is 0 Å². The highest BCUT2D eigenvalue weighted by Crippen LogP contribution is 2.42. The van der Waals surface area contributed by atoms with E-state index in [9.17, 15) is 5.11 Å². The van der Waals surface area contributed by atoms with Gasteiger partial charge in [-0.2, -0.15) is 0 Å². The van der Waals surface area contributed by atoms with Crippen LogP contribution in [0.4, 0.5) is 0 Å². The molecular weight excluding hydrogens is 240 g/mol. The highest BCUT2D eigenvalue weighted by Gasteiger charge is 2.20. The van der Waals surface area contributed by atoms with E-state index in [0.717, 1.165) is 40.5 Å². The fourth-order valence-corrected chi connectivity index (χ4v) is 2.64. The number of phenolic OH excluding ortho intramolecular Hbond substituents is 1. The van der Waals surface area contributed by atoms with E-state index in [-0.39, 0.29) is 13.2 Å². The lowest BCUT2D eigenvalue weighted by Crippen LogP contribution is -2.08. The van der Waals surface area contributed by atoms with Gasteiger partial charge in [-0.1, -0.05) is 36.4 Å². The number of benzene rings is 2. The number of ether oxygens (including phenoxy) is 1. The number of phenols is 1. The van der Waals surface area contributed by atoms with E-state index < -0.39 is 0 Å². The Morgan fingerprint density at radius 2 is 1.68 bits per heavy atom. The summed E-state index contributed by atoms with van der Waals surface area (Å²) in [6, 6.07) is 7.68. The standard InChI is InChI=1S/C16H16O3/c17-9-10-19-16-13-7-3-1-5-11(13)15(18)12-6-2-4-8-14(12)16/h1-5,7,17-18H,6,8-10H2. The zero-order chi connectivity index (χ0) is 13.2. The van der Waals surface area contributed by atoms with Gasteiger partial charge in [0.15, 0.2) is 0 Å². The van der Waals surface area contributed by atoms with Crippen molar-refractivity contribution in [2.24, 2.45) is 0 Å². The molecule has 0 aliphatic heterocycles. The first-order valence-corrected chi connectivity index (χ1v) is 6.47. The van der Waals surface area contributed by atoms with Crippen molar-refractivity contribution in [1.82, 2.24) is 0 Å². The summed E-state index contributed by atoms with van der Waals surface area (Å²) in [5, 5.41) is 21.1. The second kappa shape index (κ2) is 4.94. The maximum absolute atomic E-state index is 10.4. The number of aliphatic hydroxyl groups excluding tert-OH is 1. The predicted molar refractivity (Wildman–Crippen MR) is 74.7 cm³/mol. The molecule has 2 aromatic rings. The van der Waals surface area contributed by atoms with Crippen LogP contribution in [-0.2, 0) is 12.8 Å². The van der Waals surface area contributed by atoms with Gasteiger partial charge < -0.3 is 14.9 Å². The molecule has 0 aromatic heterocycles. The van der Waals surface area contributed by atoms with Crippen molar-refractivity contribution in [3.05, 3.63) is 47.5 Å². The Bertz CT molecular complexity index is 644. The minimum Gasteiger partial charge on any atom is -0.507 e. The van der Waals surface area contributed by atoms with Crippen LogP contribution in [0.5, 0.6) is 11.5 Å². The van der Waals surface area contributed by atoms with Gasteiger partial charge in [-0.3, -0.25) is 0 Å². The molecule has 0 bridgehead atoms. The summed E-state index contributed by atoms with van der Waals surface area (Å²) in [6.07, 6.45) is 5.63. The molecule has 0 heterocycles. The molecule has 0 fully saturated rings. The first-order valence-electron chi connectivity index (χ1n) is 6.47. The van der Waals surface area contributed by atoms with Crippen LogP contribution in [0.2, 0.25) is 0 Å². The SMILES string of the molecule is OCCOc1c2c(c(O)c3ccccc13)CC=CC2. The normalized spacial score (nSPS) is 13.5. The van der Waals surface area contributed by atoms with Gasteiger partial charge in [0.2, 0.25) is 0 Å². The van der Waals surface area contributed by atoms with Gasteiger partial charge in [0.25, 0.3) is 0 Å². The molecule has 2 aromatic carbocycles. The number of allylic oxidation sites excluding steroid dienone is 2. The molecule has 3 heteroatoms. The summed E-state index contributed by atoms with van der Waals surface area (Å²) in [7, 11) is 0. The lowest BCUT2D eigenvalue weighted by Gasteiger charge is -2.20. The molecule has 0 radical (unpaired) electrons. The Balaban J connectivity index is 2.28. The highest BCUT2D eigenvalue weighted by atomic mass is 16.5. The molecule has 0 saturated carbocycles. The van der Waals surface area contributed by atoms with E-state index in [4.69, 9.17) is 9.84 Å². The highest BCUT2D eigenvalue weighted by molar-refractivity contribution is 5.96. The molecule has 1 aliphatic rings. The number of hydrogen-bond acceptors (Lipinski definition) is 3. The lowest BCUT2D eigenvalue weighted by molar-refractivity contribution is 0.201. The minimum atomic E-state index is -0.0141. The lowest BCUT2D eigenvalue weighted by atomic mass is 9.91. The molecule has 0 spiro atoms. The van der Waals surface area contributed by atoms with E-state index in [0.29, 0.717) is 5.75 Å². The third-order valence-electron chi connectivity index (χ3n) is 3.50. The van der Waals surface area contributed by atoms with E-state index in [1.54, 1.807) is 0 Å². The second-order valence-corrected chi connectivity index (χ2v) is 4.63. The van der Waals surface area contributed by atoms with Crippen molar-refractivity contribution < 1.29 is 14.9 Å². The molecular formula is C16H16O3. The first-order chi connectivity index (χ1) is 9.33. The Kier molecular flexibility index (Phi) is 3.13. The molecule has 0 unspecified atom stereocenters. The van der Waals surface area contributed by atoms with Crippen LogP contribution < -0.4 is 4.74 Å². The molecule has 19 heavy (non-hydrogen) atoms. The average Bonchev–Trinajstić information content (AvgIpc) is 2.47. The largest absolute Gasteiger partial charge is 0.507 e.